The molecule has 2 nitrogen and oxygen atoms in total. The lowest BCUT2D eigenvalue weighted by molar-refractivity contribution is 0.226. The molecule has 1 heterocycles. The van der Waals surface area contributed by atoms with Gasteiger partial charge >= 0.3 is 0 Å². The fourth-order valence-electron chi connectivity index (χ4n) is 2.71. The van der Waals surface area contributed by atoms with Gasteiger partial charge < -0.3 is 5.73 Å². The monoisotopic (exact) mass is 310 g/mol. The zero-order valence-corrected chi connectivity index (χ0v) is 13.1. The van der Waals surface area contributed by atoms with Crippen LogP contribution in [0.15, 0.2) is 22.7 Å². The fourth-order valence-corrected chi connectivity index (χ4v) is 3.27. The Kier molecular flexibility index (Phi) is 4.02. The second-order valence-corrected chi connectivity index (χ2v) is 7.40. The standard InChI is InChI=1S/C15H23BrN2/c1-15(2,3)12-4-5-18(10-12)9-11-6-13(16)8-14(17)7-11/h6-8,12H,4-5,9-10,17H2,1-3H3. The summed E-state index contributed by atoms with van der Waals surface area (Å²) in [6.07, 6.45) is 1.31. The van der Waals surface area contributed by atoms with E-state index in [-0.39, 0.29) is 0 Å². The van der Waals surface area contributed by atoms with Crippen molar-refractivity contribution in [3.63, 3.8) is 0 Å². The summed E-state index contributed by atoms with van der Waals surface area (Å²) in [5, 5.41) is 0. The summed E-state index contributed by atoms with van der Waals surface area (Å²) in [6, 6.07) is 6.20. The average Bonchev–Trinajstić information content (AvgIpc) is 2.63. The fraction of sp³-hybridized carbons (Fsp3) is 0.600. The number of halogens is 1. The lowest BCUT2D eigenvalue weighted by atomic mass is 9.80. The van der Waals surface area contributed by atoms with Crippen LogP contribution < -0.4 is 5.73 Å². The molecule has 18 heavy (non-hydrogen) atoms. The third-order valence-electron chi connectivity index (χ3n) is 3.88. The smallest absolute Gasteiger partial charge is 0.0328 e. The molecule has 1 fully saturated rings. The van der Waals surface area contributed by atoms with E-state index in [1.807, 2.05) is 6.07 Å². The van der Waals surface area contributed by atoms with E-state index in [1.165, 1.54) is 25.1 Å². The Morgan fingerprint density at radius 2 is 2.06 bits per heavy atom. The normalized spacial score (nSPS) is 21.4. The minimum absolute atomic E-state index is 0.422. The van der Waals surface area contributed by atoms with Crippen LogP contribution >= 0.6 is 15.9 Å². The highest BCUT2D eigenvalue weighted by Crippen LogP contribution is 2.34. The zero-order chi connectivity index (χ0) is 13.3. The molecule has 0 spiro atoms. The third-order valence-corrected chi connectivity index (χ3v) is 4.34. The maximum Gasteiger partial charge on any atom is 0.0328 e. The van der Waals surface area contributed by atoms with Gasteiger partial charge in [-0.3, -0.25) is 4.90 Å². The van der Waals surface area contributed by atoms with E-state index >= 15 is 0 Å². The lowest BCUT2D eigenvalue weighted by Crippen LogP contribution is -2.25. The number of nitrogen functional groups attached to an aromatic ring is 1. The SMILES string of the molecule is CC(C)(C)C1CCN(Cc2cc(N)cc(Br)c2)C1. The Hall–Kier alpha value is -0.540. The highest BCUT2D eigenvalue weighted by atomic mass is 79.9. The summed E-state index contributed by atoms with van der Waals surface area (Å²) in [6.45, 7) is 10.5. The average molecular weight is 311 g/mol. The molecule has 0 bridgehead atoms. The highest BCUT2D eigenvalue weighted by Gasteiger charge is 2.31. The summed E-state index contributed by atoms with van der Waals surface area (Å²) in [5.41, 5.74) is 8.44. The van der Waals surface area contributed by atoms with Gasteiger partial charge in [0.2, 0.25) is 0 Å². The first-order valence-corrected chi connectivity index (χ1v) is 7.41. The third kappa shape index (κ3) is 3.48. The van der Waals surface area contributed by atoms with Crippen molar-refractivity contribution in [2.45, 2.75) is 33.7 Å². The van der Waals surface area contributed by atoms with E-state index in [4.69, 9.17) is 5.73 Å². The Morgan fingerprint density at radius 1 is 1.33 bits per heavy atom. The van der Waals surface area contributed by atoms with Crippen LogP contribution in [-0.2, 0) is 6.54 Å². The number of hydrogen-bond acceptors (Lipinski definition) is 2. The first-order chi connectivity index (χ1) is 8.34. The topological polar surface area (TPSA) is 29.3 Å². The van der Waals surface area contributed by atoms with Crippen molar-refractivity contribution in [1.29, 1.82) is 0 Å². The number of likely N-dealkylation sites (tertiary alicyclic amines) is 1. The van der Waals surface area contributed by atoms with E-state index in [1.54, 1.807) is 0 Å². The van der Waals surface area contributed by atoms with E-state index in [9.17, 15) is 0 Å². The van der Waals surface area contributed by atoms with E-state index in [0.29, 0.717) is 5.41 Å². The molecule has 0 amide bonds. The van der Waals surface area contributed by atoms with Crippen LogP contribution in [0, 0.1) is 11.3 Å². The molecule has 1 aliphatic rings. The molecule has 1 atom stereocenters. The predicted octanol–water partition coefficient (Wildman–Crippen LogP) is 3.90. The van der Waals surface area contributed by atoms with E-state index in [2.05, 4.69) is 53.7 Å². The van der Waals surface area contributed by atoms with Crippen molar-refractivity contribution in [2.24, 2.45) is 11.3 Å². The molecule has 1 aromatic rings. The van der Waals surface area contributed by atoms with Gasteiger partial charge in [-0.05, 0) is 48.1 Å². The molecule has 1 saturated heterocycles. The number of hydrogen-bond donors (Lipinski definition) is 1. The second-order valence-electron chi connectivity index (χ2n) is 6.48. The largest absolute Gasteiger partial charge is 0.399 e. The number of anilines is 1. The van der Waals surface area contributed by atoms with E-state index in [0.717, 1.165) is 22.6 Å². The molecule has 1 unspecified atom stereocenters. The Bertz CT molecular complexity index is 403. The number of nitrogens with zero attached hydrogens (tertiary/aromatic N) is 1. The minimum Gasteiger partial charge on any atom is -0.399 e. The molecule has 3 heteroatoms. The van der Waals surface area contributed by atoms with Crippen molar-refractivity contribution < 1.29 is 0 Å². The summed E-state index contributed by atoms with van der Waals surface area (Å²) in [4.78, 5) is 2.54. The van der Waals surface area contributed by atoms with Gasteiger partial charge in [0.05, 0.1) is 0 Å². The van der Waals surface area contributed by atoms with Crippen LogP contribution in [0.5, 0.6) is 0 Å². The molecule has 0 aromatic heterocycles. The first-order valence-electron chi connectivity index (χ1n) is 6.62. The summed E-state index contributed by atoms with van der Waals surface area (Å²) in [5.74, 6) is 0.807. The van der Waals surface area contributed by atoms with Crippen LogP contribution in [0.3, 0.4) is 0 Å². The van der Waals surface area contributed by atoms with E-state index < -0.39 is 0 Å². The molecule has 0 radical (unpaired) electrons. The van der Waals surface area contributed by atoms with Crippen LogP contribution in [-0.4, -0.2) is 18.0 Å². The summed E-state index contributed by atoms with van der Waals surface area (Å²) < 4.78 is 1.07. The van der Waals surface area contributed by atoms with Crippen LogP contribution in [0.25, 0.3) is 0 Å². The molecule has 0 saturated carbocycles. The van der Waals surface area contributed by atoms with Crippen molar-refractivity contribution in [2.75, 3.05) is 18.8 Å². The molecule has 1 aliphatic heterocycles. The minimum atomic E-state index is 0.422. The Balaban J connectivity index is 1.99. The van der Waals surface area contributed by atoms with Crippen LogP contribution in [0.2, 0.25) is 0 Å². The van der Waals surface area contributed by atoms with Gasteiger partial charge in [-0.25, -0.2) is 0 Å². The van der Waals surface area contributed by atoms with Crippen molar-refractivity contribution in [3.8, 4) is 0 Å². The van der Waals surface area contributed by atoms with Gasteiger partial charge in [0.1, 0.15) is 0 Å². The first kappa shape index (κ1) is 13.9. The molecular weight excluding hydrogens is 288 g/mol. The molecular formula is C15H23BrN2. The number of nitrogens with two attached hydrogens (primary N) is 1. The van der Waals surface area contributed by atoms with Crippen LogP contribution in [0.1, 0.15) is 32.8 Å². The van der Waals surface area contributed by atoms with Crippen molar-refractivity contribution >= 4 is 21.6 Å². The molecule has 1 aromatic carbocycles. The highest BCUT2D eigenvalue weighted by molar-refractivity contribution is 9.10. The quantitative estimate of drug-likeness (QED) is 0.839. The predicted molar refractivity (Wildman–Crippen MR) is 81.4 cm³/mol. The number of benzene rings is 1. The van der Waals surface area contributed by atoms with Gasteiger partial charge in [-0.1, -0.05) is 36.7 Å². The van der Waals surface area contributed by atoms with Crippen molar-refractivity contribution in [1.82, 2.24) is 4.90 Å². The molecule has 2 rings (SSSR count). The number of rotatable bonds is 2. The van der Waals surface area contributed by atoms with Gasteiger partial charge in [0.25, 0.3) is 0 Å². The van der Waals surface area contributed by atoms with Gasteiger partial charge in [-0.2, -0.15) is 0 Å². The molecule has 100 valence electrons. The lowest BCUT2D eigenvalue weighted by Gasteiger charge is -2.27. The zero-order valence-electron chi connectivity index (χ0n) is 11.5. The maximum atomic E-state index is 5.88. The second kappa shape index (κ2) is 5.22. The summed E-state index contributed by atoms with van der Waals surface area (Å²) >= 11 is 3.51. The van der Waals surface area contributed by atoms with Gasteiger partial charge in [0, 0.05) is 23.2 Å². The maximum absolute atomic E-state index is 5.88. The Morgan fingerprint density at radius 3 is 2.61 bits per heavy atom. The van der Waals surface area contributed by atoms with Gasteiger partial charge in [0.15, 0.2) is 0 Å². The van der Waals surface area contributed by atoms with Crippen LogP contribution in [0.4, 0.5) is 5.69 Å². The Labute approximate surface area is 119 Å². The van der Waals surface area contributed by atoms with Gasteiger partial charge in [-0.15, -0.1) is 0 Å². The van der Waals surface area contributed by atoms with Crippen molar-refractivity contribution in [3.05, 3.63) is 28.2 Å². The molecule has 2 N–H and O–H groups in total. The molecule has 0 aliphatic carbocycles. The summed E-state index contributed by atoms with van der Waals surface area (Å²) in [7, 11) is 0.